The van der Waals surface area contributed by atoms with E-state index in [4.69, 9.17) is 4.74 Å². The van der Waals surface area contributed by atoms with Gasteiger partial charge in [0.25, 0.3) is 5.91 Å². The number of carbonyl (C=O) groups is 2. The smallest absolute Gasteiger partial charge is 0.262 e. The summed E-state index contributed by atoms with van der Waals surface area (Å²) in [6, 6.07) is 13.0. The largest absolute Gasteiger partial charge is 0.484 e. The van der Waals surface area contributed by atoms with E-state index in [1.807, 2.05) is 12.1 Å². The van der Waals surface area contributed by atoms with Gasteiger partial charge in [-0.1, -0.05) is 6.07 Å². The molecule has 24 heavy (non-hydrogen) atoms. The Morgan fingerprint density at radius 2 is 1.67 bits per heavy atom. The van der Waals surface area contributed by atoms with Crippen molar-refractivity contribution in [2.24, 2.45) is 0 Å². The average molecular weight is 324 g/mol. The first-order chi connectivity index (χ1) is 11.6. The van der Waals surface area contributed by atoms with Crippen molar-refractivity contribution in [1.82, 2.24) is 0 Å². The lowest BCUT2D eigenvalue weighted by Gasteiger charge is -2.09. The average Bonchev–Trinajstić information content (AvgIpc) is 3.01. The van der Waals surface area contributed by atoms with Gasteiger partial charge in [0.1, 0.15) is 5.75 Å². The van der Waals surface area contributed by atoms with E-state index in [1.165, 1.54) is 24.5 Å². The molecule has 1 aliphatic rings. The number of benzene rings is 2. The summed E-state index contributed by atoms with van der Waals surface area (Å²) >= 11 is 0. The molecule has 0 saturated carbocycles. The van der Waals surface area contributed by atoms with Crippen molar-refractivity contribution in [3.8, 4) is 5.75 Å². The molecule has 0 aromatic heterocycles. The number of carbonyl (C=O) groups excluding carboxylic acids is 2. The molecule has 3 rings (SSSR count). The van der Waals surface area contributed by atoms with Gasteiger partial charge in [0.2, 0.25) is 5.91 Å². The van der Waals surface area contributed by atoms with Gasteiger partial charge in [-0.2, -0.15) is 0 Å². The van der Waals surface area contributed by atoms with Crippen LogP contribution in [-0.4, -0.2) is 18.4 Å². The van der Waals surface area contributed by atoms with Gasteiger partial charge in [0, 0.05) is 18.3 Å². The molecule has 5 heteroatoms. The second kappa shape index (κ2) is 7.17. The SMILES string of the molecule is CC(=O)Nc1ccc(OCC(=O)Nc2ccc3c(c2)CCC3)cc1. The van der Waals surface area contributed by atoms with E-state index in [-0.39, 0.29) is 18.4 Å². The predicted molar refractivity (Wildman–Crippen MR) is 93.3 cm³/mol. The van der Waals surface area contributed by atoms with E-state index in [0.29, 0.717) is 11.4 Å². The fraction of sp³-hybridized carbons (Fsp3) is 0.263. The summed E-state index contributed by atoms with van der Waals surface area (Å²) in [7, 11) is 0. The third-order valence-electron chi connectivity index (χ3n) is 3.93. The number of amides is 2. The third kappa shape index (κ3) is 4.13. The lowest BCUT2D eigenvalue weighted by molar-refractivity contribution is -0.118. The van der Waals surface area contributed by atoms with Gasteiger partial charge >= 0.3 is 0 Å². The first kappa shape index (κ1) is 16.1. The number of hydrogen-bond acceptors (Lipinski definition) is 3. The lowest BCUT2D eigenvalue weighted by atomic mass is 10.1. The number of hydrogen-bond donors (Lipinski definition) is 2. The predicted octanol–water partition coefficient (Wildman–Crippen LogP) is 3.15. The zero-order valence-corrected chi connectivity index (χ0v) is 13.6. The summed E-state index contributed by atoms with van der Waals surface area (Å²) in [5.41, 5.74) is 4.20. The van der Waals surface area contributed by atoms with Crippen LogP contribution in [0.15, 0.2) is 42.5 Å². The molecule has 2 aromatic carbocycles. The number of fused-ring (bicyclic) bond motifs is 1. The van der Waals surface area contributed by atoms with Gasteiger partial charge in [-0.05, 0) is 66.8 Å². The molecule has 0 fully saturated rings. The zero-order valence-electron chi connectivity index (χ0n) is 13.6. The minimum Gasteiger partial charge on any atom is -0.484 e. The molecule has 124 valence electrons. The molecule has 2 aromatic rings. The summed E-state index contributed by atoms with van der Waals surface area (Å²) in [5.74, 6) is 0.254. The molecule has 0 bridgehead atoms. The van der Waals surface area contributed by atoms with E-state index in [2.05, 4.69) is 16.7 Å². The summed E-state index contributed by atoms with van der Waals surface area (Å²) in [5, 5.41) is 5.53. The van der Waals surface area contributed by atoms with E-state index < -0.39 is 0 Å². The van der Waals surface area contributed by atoms with Crippen molar-refractivity contribution in [3.05, 3.63) is 53.6 Å². The van der Waals surface area contributed by atoms with Crippen molar-refractivity contribution in [3.63, 3.8) is 0 Å². The van der Waals surface area contributed by atoms with Gasteiger partial charge in [-0.15, -0.1) is 0 Å². The minimum atomic E-state index is -0.195. The monoisotopic (exact) mass is 324 g/mol. The Kier molecular flexibility index (Phi) is 4.79. The lowest BCUT2D eigenvalue weighted by Crippen LogP contribution is -2.20. The Morgan fingerprint density at radius 1 is 0.958 bits per heavy atom. The van der Waals surface area contributed by atoms with Crippen LogP contribution in [-0.2, 0) is 22.4 Å². The Balaban J connectivity index is 1.51. The first-order valence-corrected chi connectivity index (χ1v) is 8.02. The van der Waals surface area contributed by atoms with Crippen LogP contribution in [0.3, 0.4) is 0 Å². The molecule has 0 heterocycles. The number of anilines is 2. The van der Waals surface area contributed by atoms with Crippen LogP contribution in [0.4, 0.5) is 11.4 Å². The van der Waals surface area contributed by atoms with Crippen LogP contribution >= 0.6 is 0 Å². The fourth-order valence-corrected chi connectivity index (χ4v) is 2.83. The molecule has 2 amide bonds. The van der Waals surface area contributed by atoms with Crippen LogP contribution in [0, 0.1) is 0 Å². The molecule has 0 unspecified atom stereocenters. The quantitative estimate of drug-likeness (QED) is 0.888. The summed E-state index contributed by atoms with van der Waals surface area (Å²) in [4.78, 5) is 23.0. The molecule has 1 aliphatic carbocycles. The minimum absolute atomic E-state index is 0.0590. The maximum Gasteiger partial charge on any atom is 0.262 e. The van der Waals surface area contributed by atoms with Crippen molar-refractivity contribution in [2.75, 3.05) is 17.2 Å². The highest BCUT2D eigenvalue weighted by atomic mass is 16.5. The first-order valence-electron chi connectivity index (χ1n) is 8.02. The van der Waals surface area contributed by atoms with Crippen LogP contribution in [0.25, 0.3) is 0 Å². The van der Waals surface area contributed by atoms with Crippen molar-refractivity contribution in [2.45, 2.75) is 26.2 Å². The van der Waals surface area contributed by atoms with E-state index in [0.717, 1.165) is 18.5 Å². The topological polar surface area (TPSA) is 67.4 Å². The second-order valence-corrected chi connectivity index (χ2v) is 5.88. The third-order valence-corrected chi connectivity index (χ3v) is 3.93. The standard InChI is InChI=1S/C19H20N2O3/c1-13(22)20-16-7-9-18(10-8-16)24-12-19(23)21-17-6-5-14-3-2-4-15(14)11-17/h5-11H,2-4,12H2,1H3,(H,20,22)(H,21,23). The number of ether oxygens (including phenoxy) is 1. The molecule has 0 radical (unpaired) electrons. The van der Waals surface area contributed by atoms with Crippen molar-refractivity contribution >= 4 is 23.2 Å². The molecule has 0 aliphatic heterocycles. The zero-order chi connectivity index (χ0) is 16.9. The molecule has 5 nitrogen and oxygen atoms in total. The van der Waals surface area contributed by atoms with Crippen LogP contribution in [0.1, 0.15) is 24.5 Å². The highest BCUT2D eigenvalue weighted by Crippen LogP contribution is 2.24. The second-order valence-electron chi connectivity index (χ2n) is 5.88. The van der Waals surface area contributed by atoms with Crippen LogP contribution in [0.5, 0.6) is 5.75 Å². The van der Waals surface area contributed by atoms with Gasteiger partial charge in [0.15, 0.2) is 6.61 Å². The summed E-state index contributed by atoms with van der Waals surface area (Å²) in [6.07, 6.45) is 3.39. The van der Waals surface area contributed by atoms with Gasteiger partial charge in [-0.3, -0.25) is 9.59 Å². The molecular weight excluding hydrogens is 304 g/mol. The molecule has 0 atom stereocenters. The number of aryl methyl sites for hydroxylation is 2. The van der Waals surface area contributed by atoms with Crippen molar-refractivity contribution in [1.29, 1.82) is 0 Å². The Labute approximate surface area is 141 Å². The van der Waals surface area contributed by atoms with Gasteiger partial charge in [0.05, 0.1) is 0 Å². The Hall–Kier alpha value is -2.82. The van der Waals surface area contributed by atoms with E-state index in [9.17, 15) is 9.59 Å². The number of rotatable bonds is 5. The molecule has 0 saturated heterocycles. The Morgan fingerprint density at radius 3 is 2.42 bits per heavy atom. The van der Waals surface area contributed by atoms with E-state index >= 15 is 0 Å². The maximum absolute atomic E-state index is 12.0. The maximum atomic E-state index is 12.0. The Bertz CT molecular complexity index is 754. The molecular formula is C19H20N2O3. The summed E-state index contributed by atoms with van der Waals surface area (Å²) < 4.78 is 5.47. The number of nitrogens with one attached hydrogen (secondary N) is 2. The van der Waals surface area contributed by atoms with E-state index in [1.54, 1.807) is 24.3 Å². The van der Waals surface area contributed by atoms with Gasteiger partial charge in [-0.25, -0.2) is 0 Å². The fourth-order valence-electron chi connectivity index (χ4n) is 2.83. The molecule has 2 N–H and O–H groups in total. The normalized spacial score (nSPS) is 12.4. The highest BCUT2D eigenvalue weighted by molar-refractivity contribution is 5.92. The highest BCUT2D eigenvalue weighted by Gasteiger charge is 2.12. The molecule has 0 spiro atoms. The van der Waals surface area contributed by atoms with Crippen molar-refractivity contribution < 1.29 is 14.3 Å². The van der Waals surface area contributed by atoms with Gasteiger partial charge < -0.3 is 15.4 Å². The van der Waals surface area contributed by atoms with Crippen LogP contribution < -0.4 is 15.4 Å². The van der Waals surface area contributed by atoms with Crippen LogP contribution in [0.2, 0.25) is 0 Å². The summed E-state index contributed by atoms with van der Waals surface area (Å²) in [6.45, 7) is 1.39.